The van der Waals surface area contributed by atoms with E-state index < -0.39 is 0 Å². The van der Waals surface area contributed by atoms with Gasteiger partial charge in [0.1, 0.15) is 17.3 Å². The zero-order chi connectivity index (χ0) is 13.2. The van der Waals surface area contributed by atoms with Crippen LogP contribution in [0.3, 0.4) is 0 Å². The summed E-state index contributed by atoms with van der Waals surface area (Å²) in [6.07, 6.45) is 9.81. The van der Waals surface area contributed by atoms with Gasteiger partial charge in [-0.05, 0) is 31.6 Å². The first kappa shape index (κ1) is 12.9. The van der Waals surface area contributed by atoms with Crippen LogP contribution in [0.4, 0.5) is 5.82 Å². The number of fused-ring (bicyclic) bond motifs is 1. The molecule has 0 bridgehead atoms. The van der Waals surface area contributed by atoms with Crippen LogP contribution in [0.1, 0.15) is 48.9 Å². The topological polar surface area (TPSA) is 46.1 Å². The van der Waals surface area contributed by atoms with E-state index in [-0.39, 0.29) is 5.15 Å². The monoisotopic (exact) mass is 279 g/mol. The third-order valence-electron chi connectivity index (χ3n) is 4.45. The minimum Gasteiger partial charge on any atom is -0.353 e. The summed E-state index contributed by atoms with van der Waals surface area (Å²) in [5, 5.41) is 0.262. The van der Waals surface area contributed by atoms with Crippen LogP contribution >= 0.6 is 11.6 Å². The minimum atomic E-state index is 0.262. The van der Waals surface area contributed by atoms with E-state index in [0.29, 0.717) is 11.6 Å². The van der Waals surface area contributed by atoms with Crippen LogP contribution < -0.4 is 4.90 Å². The SMILES string of the molecule is O=Cc1c(Cl)ncnc1N1CCCC2CCCCC21. The van der Waals surface area contributed by atoms with Crippen molar-refractivity contribution in [3.63, 3.8) is 0 Å². The summed E-state index contributed by atoms with van der Waals surface area (Å²) >= 11 is 6.01. The molecule has 1 aromatic heterocycles. The van der Waals surface area contributed by atoms with Gasteiger partial charge in [-0.3, -0.25) is 4.79 Å². The van der Waals surface area contributed by atoms with Crippen molar-refractivity contribution in [3.8, 4) is 0 Å². The number of aldehydes is 1. The lowest BCUT2D eigenvalue weighted by atomic mass is 9.78. The molecule has 2 heterocycles. The lowest BCUT2D eigenvalue weighted by Crippen LogP contribution is -2.47. The van der Waals surface area contributed by atoms with Crippen LogP contribution in [0.5, 0.6) is 0 Å². The van der Waals surface area contributed by atoms with Crippen LogP contribution in [0.2, 0.25) is 5.15 Å². The van der Waals surface area contributed by atoms with Gasteiger partial charge in [0.05, 0.1) is 5.56 Å². The number of carbonyl (C=O) groups is 1. The first-order chi connectivity index (χ1) is 9.31. The lowest BCUT2D eigenvalue weighted by Gasteiger charge is -2.45. The van der Waals surface area contributed by atoms with E-state index in [1.807, 2.05) is 0 Å². The Balaban J connectivity index is 1.96. The standard InChI is InChI=1S/C14H18ClN3O/c15-13-11(8-19)14(17-9-16-13)18-7-3-5-10-4-1-2-6-12(10)18/h8-10,12H,1-7H2. The molecule has 19 heavy (non-hydrogen) atoms. The second kappa shape index (κ2) is 5.45. The molecule has 2 aliphatic rings. The Kier molecular flexibility index (Phi) is 3.69. The molecule has 0 radical (unpaired) electrons. The van der Waals surface area contributed by atoms with Gasteiger partial charge in [0.25, 0.3) is 0 Å². The van der Waals surface area contributed by atoms with E-state index in [2.05, 4.69) is 14.9 Å². The van der Waals surface area contributed by atoms with Gasteiger partial charge >= 0.3 is 0 Å². The summed E-state index contributed by atoms with van der Waals surface area (Å²) in [4.78, 5) is 21.8. The number of hydrogen-bond acceptors (Lipinski definition) is 4. The smallest absolute Gasteiger partial charge is 0.156 e. The molecule has 0 aromatic carbocycles. The largest absolute Gasteiger partial charge is 0.353 e. The molecule has 2 fully saturated rings. The molecule has 2 unspecified atom stereocenters. The number of piperidine rings is 1. The van der Waals surface area contributed by atoms with E-state index in [4.69, 9.17) is 11.6 Å². The first-order valence-corrected chi connectivity index (χ1v) is 7.41. The van der Waals surface area contributed by atoms with Crippen LogP contribution in [-0.4, -0.2) is 28.8 Å². The van der Waals surface area contributed by atoms with E-state index in [1.54, 1.807) is 0 Å². The molecule has 0 amide bonds. The van der Waals surface area contributed by atoms with Crippen molar-refractivity contribution >= 4 is 23.7 Å². The normalized spacial score (nSPS) is 26.9. The second-order valence-electron chi connectivity index (χ2n) is 5.47. The van der Waals surface area contributed by atoms with Gasteiger partial charge in [-0.25, -0.2) is 9.97 Å². The highest BCUT2D eigenvalue weighted by atomic mass is 35.5. The summed E-state index contributed by atoms with van der Waals surface area (Å²) in [5.74, 6) is 1.47. The Morgan fingerprint density at radius 3 is 2.84 bits per heavy atom. The molecular formula is C14H18ClN3O. The average molecular weight is 280 g/mol. The Hall–Kier alpha value is -1.16. The van der Waals surface area contributed by atoms with Crippen LogP contribution in [0.25, 0.3) is 0 Å². The molecular weight excluding hydrogens is 262 g/mol. The van der Waals surface area contributed by atoms with Crippen molar-refractivity contribution in [2.75, 3.05) is 11.4 Å². The summed E-state index contributed by atoms with van der Waals surface area (Å²) in [5.41, 5.74) is 0.440. The number of aromatic nitrogens is 2. The number of hydrogen-bond donors (Lipinski definition) is 0. The van der Waals surface area contributed by atoms with Crippen LogP contribution in [-0.2, 0) is 0 Å². The number of nitrogens with zero attached hydrogens (tertiary/aromatic N) is 3. The summed E-state index contributed by atoms with van der Waals surface area (Å²) in [7, 11) is 0. The molecule has 4 nitrogen and oxygen atoms in total. The van der Waals surface area contributed by atoms with Crippen molar-refractivity contribution in [2.24, 2.45) is 5.92 Å². The number of rotatable bonds is 2. The molecule has 0 N–H and O–H groups in total. The summed E-state index contributed by atoms with van der Waals surface area (Å²) < 4.78 is 0. The van der Waals surface area contributed by atoms with Gasteiger partial charge in [0.15, 0.2) is 6.29 Å². The third-order valence-corrected chi connectivity index (χ3v) is 4.75. The Bertz CT molecular complexity index is 478. The number of anilines is 1. The predicted molar refractivity (Wildman–Crippen MR) is 74.8 cm³/mol. The van der Waals surface area contributed by atoms with Gasteiger partial charge < -0.3 is 4.90 Å². The highest BCUT2D eigenvalue weighted by Gasteiger charge is 2.35. The molecule has 2 atom stereocenters. The maximum atomic E-state index is 11.3. The first-order valence-electron chi connectivity index (χ1n) is 7.03. The average Bonchev–Trinajstić information content (AvgIpc) is 2.46. The van der Waals surface area contributed by atoms with Crippen molar-refractivity contribution in [1.29, 1.82) is 0 Å². The molecule has 1 saturated carbocycles. The lowest BCUT2D eigenvalue weighted by molar-refractivity contribution is 0.112. The van der Waals surface area contributed by atoms with E-state index >= 15 is 0 Å². The van der Waals surface area contributed by atoms with E-state index in [1.165, 1.54) is 44.9 Å². The summed E-state index contributed by atoms with van der Waals surface area (Å²) in [6, 6.07) is 0.521. The molecule has 1 aromatic rings. The van der Waals surface area contributed by atoms with Gasteiger partial charge in [0, 0.05) is 12.6 Å². The quantitative estimate of drug-likeness (QED) is 0.616. The van der Waals surface area contributed by atoms with Crippen molar-refractivity contribution in [3.05, 3.63) is 17.0 Å². The zero-order valence-electron chi connectivity index (χ0n) is 10.9. The third kappa shape index (κ3) is 2.34. The van der Waals surface area contributed by atoms with Crippen molar-refractivity contribution in [1.82, 2.24) is 9.97 Å². The van der Waals surface area contributed by atoms with Gasteiger partial charge in [0.2, 0.25) is 0 Å². The Morgan fingerprint density at radius 1 is 1.21 bits per heavy atom. The van der Waals surface area contributed by atoms with E-state index in [0.717, 1.165) is 24.6 Å². The van der Waals surface area contributed by atoms with Gasteiger partial charge in [-0.1, -0.05) is 24.4 Å². The molecule has 1 aliphatic heterocycles. The van der Waals surface area contributed by atoms with Crippen molar-refractivity contribution < 1.29 is 4.79 Å². The molecule has 1 saturated heterocycles. The fourth-order valence-electron chi connectivity index (χ4n) is 3.58. The summed E-state index contributed by atoms with van der Waals surface area (Å²) in [6.45, 7) is 0.968. The number of halogens is 1. The fourth-order valence-corrected chi connectivity index (χ4v) is 3.76. The zero-order valence-corrected chi connectivity index (χ0v) is 11.6. The minimum absolute atomic E-state index is 0.262. The van der Waals surface area contributed by atoms with E-state index in [9.17, 15) is 4.79 Å². The number of carbonyl (C=O) groups excluding carboxylic acids is 1. The molecule has 102 valence electrons. The second-order valence-corrected chi connectivity index (χ2v) is 5.83. The molecule has 1 aliphatic carbocycles. The van der Waals surface area contributed by atoms with Crippen LogP contribution in [0.15, 0.2) is 6.33 Å². The van der Waals surface area contributed by atoms with Gasteiger partial charge in [-0.15, -0.1) is 0 Å². The maximum absolute atomic E-state index is 11.3. The van der Waals surface area contributed by atoms with Gasteiger partial charge in [-0.2, -0.15) is 0 Å². The fraction of sp³-hybridized carbons (Fsp3) is 0.643. The Labute approximate surface area is 118 Å². The molecule has 0 spiro atoms. The Morgan fingerprint density at radius 2 is 2.00 bits per heavy atom. The van der Waals surface area contributed by atoms with Crippen LogP contribution in [0, 0.1) is 5.92 Å². The maximum Gasteiger partial charge on any atom is 0.156 e. The highest BCUT2D eigenvalue weighted by molar-refractivity contribution is 6.32. The molecule has 5 heteroatoms. The highest BCUT2D eigenvalue weighted by Crippen LogP contribution is 2.38. The predicted octanol–water partition coefficient (Wildman–Crippen LogP) is 3.10. The van der Waals surface area contributed by atoms with Crippen molar-refractivity contribution in [2.45, 2.75) is 44.6 Å². The molecule has 3 rings (SSSR count).